The zero-order chi connectivity index (χ0) is 14.7. The number of hydrogen-bond donors (Lipinski definition) is 1. The predicted octanol–water partition coefficient (Wildman–Crippen LogP) is 1.51. The second-order valence-electron chi connectivity index (χ2n) is 5.26. The van der Waals surface area contributed by atoms with Crippen molar-refractivity contribution < 1.29 is 4.79 Å². The van der Waals surface area contributed by atoms with Crippen LogP contribution in [0, 0.1) is 0 Å². The number of nitrogens with one attached hydrogen (secondary N) is 1. The van der Waals surface area contributed by atoms with Gasteiger partial charge in [0.2, 0.25) is 0 Å². The summed E-state index contributed by atoms with van der Waals surface area (Å²) in [6.07, 6.45) is 3.82. The Hall–Kier alpha value is -1.92. The summed E-state index contributed by atoms with van der Waals surface area (Å²) in [6, 6.07) is 10.0. The number of aromatic nitrogens is 3. The average molecular weight is 322 g/mol. The molecule has 2 aromatic rings. The van der Waals surface area contributed by atoms with Gasteiger partial charge < -0.3 is 10.2 Å². The number of carbonyl (C=O) groups is 1. The van der Waals surface area contributed by atoms with Crippen molar-refractivity contribution in [3.8, 4) is 5.69 Å². The van der Waals surface area contributed by atoms with Crippen LogP contribution < -0.4 is 5.32 Å². The van der Waals surface area contributed by atoms with Gasteiger partial charge in [-0.2, -0.15) is 0 Å². The van der Waals surface area contributed by atoms with Crippen molar-refractivity contribution in [2.24, 2.45) is 0 Å². The van der Waals surface area contributed by atoms with E-state index in [0.29, 0.717) is 11.7 Å². The Bertz CT molecular complexity index is 615. The van der Waals surface area contributed by atoms with E-state index in [1.807, 2.05) is 42.3 Å². The van der Waals surface area contributed by atoms with E-state index in [1.54, 1.807) is 10.9 Å². The summed E-state index contributed by atoms with van der Waals surface area (Å²) in [5, 5.41) is 11.3. The van der Waals surface area contributed by atoms with Crippen LogP contribution in [-0.4, -0.2) is 52.0 Å². The number of carbonyl (C=O) groups excluding carboxylic acids is 1. The quantitative estimate of drug-likeness (QED) is 0.931. The van der Waals surface area contributed by atoms with Crippen molar-refractivity contribution in [2.45, 2.75) is 18.9 Å². The number of halogens is 1. The molecule has 1 N–H and O–H groups in total. The van der Waals surface area contributed by atoms with E-state index in [1.165, 1.54) is 0 Å². The maximum atomic E-state index is 12.5. The van der Waals surface area contributed by atoms with Crippen LogP contribution in [-0.2, 0) is 0 Å². The monoisotopic (exact) mass is 321 g/mol. The lowest BCUT2D eigenvalue weighted by atomic mass is 10.1. The van der Waals surface area contributed by atoms with Crippen LogP contribution >= 0.6 is 12.4 Å². The zero-order valence-corrected chi connectivity index (χ0v) is 13.3. The number of amides is 1. The second kappa shape index (κ2) is 7.38. The topological polar surface area (TPSA) is 63.1 Å². The van der Waals surface area contributed by atoms with Crippen LogP contribution in [0.25, 0.3) is 5.69 Å². The molecule has 1 saturated heterocycles. The Balaban J connectivity index is 0.00000176. The van der Waals surface area contributed by atoms with Gasteiger partial charge in [-0.1, -0.05) is 23.4 Å². The SMILES string of the molecule is CNC1CCCN(C(=O)c2cn(-c3ccccc3)nn2)C1.Cl. The molecule has 22 heavy (non-hydrogen) atoms. The molecule has 6 nitrogen and oxygen atoms in total. The highest BCUT2D eigenvalue weighted by atomic mass is 35.5. The number of hydrogen-bond acceptors (Lipinski definition) is 4. The number of benzene rings is 1. The molecule has 0 spiro atoms. The number of rotatable bonds is 3. The third kappa shape index (κ3) is 3.45. The van der Waals surface area contributed by atoms with Crippen molar-refractivity contribution in [1.82, 2.24) is 25.2 Å². The molecule has 3 rings (SSSR count). The van der Waals surface area contributed by atoms with E-state index in [4.69, 9.17) is 0 Å². The molecule has 1 aliphatic heterocycles. The third-order valence-electron chi connectivity index (χ3n) is 3.85. The predicted molar refractivity (Wildman–Crippen MR) is 86.6 cm³/mol. The highest BCUT2D eigenvalue weighted by Crippen LogP contribution is 2.13. The van der Waals surface area contributed by atoms with E-state index in [0.717, 1.165) is 31.6 Å². The molecule has 118 valence electrons. The summed E-state index contributed by atoms with van der Waals surface area (Å²) in [4.78, 5) is 14.3. The number of nitrogens with zero attached hydrogens (tertiary/aromatic N) is 4. The van der Waals surface area contributed by atoms with Gasteiger partial charge >= 0.3 is 0 Å². The number of likely N-dealkylation sites (N-methyl/N-ethyl adjacent to an activating group) is 1. The van der Waals surface area contributed by atoms with Crippen molar-refractivity contribution in [1.29, 1.82) is 0 Å². The lowest BCUT2D eigenvalue weighted by molar-refractivity contribution is 0.0692. The fourth-order valence-electron chi connectivity index (χ4n) is 2.63. The van der Waals surface area contributed by atoms with Crippen molar-refractivity contribution >= 4 is 18.3 Å². The lowest BCUT2D eigenvalue weighted by Crippen LogP contribution is -2.47. The first-order valence-corrected chi connectivity index (χ1v) is 7.22. The van der Waals surface area contributed by atoms with E-state index < -0.39 is 0 Å². The van der Waals surface area contributed by atoms with Gasteiger partial charge in [-0.3, -0.25) is 4.79 Å². The van der Waals surface area contributed by atoms with Gasteiger partial charge in [0.05, 0.1) is 11.9 Å². The van der Waals surface area contributed by atoms with Crippen LogP contribution in [0.3, 0.4) is 0 Å². The molecule has 0 aliphatic carbocycles. The molecule has 1 aromatic carbocycles. The molecule has 1 atom stereocenters. The Morgan fingerprint density at radius 1 is 1.32 bits per heavy atom. The summed E-state index contributed by atoms with van der Waals surface area (Å²) >= 11 is 0. The molecule has 0 radical (unpaired) electrons. The summed E-state index contributed by atoms with van der Waals surface area (Å²) < 4.78 is 1.63. The number of likely N-dealkylation sites (tertiary alicyclic amines) is 1. The van der Waals surface area contributed by atoms with E-state index in [-0.39, 0.29) is 18.3 Å². The first-order valence-electron chi connectivity index (χ1n) is 7.22. The Morgan fingerprint density at radius 3 is 2.82 bits per heavy atom. The summed E-state index contributed by atoms with van der Waals surface area (Å²) in [6.45, 7) is 1.52. The van der Waals surface area contributed by atoms with Crippen LogP contribution in [0.15, 0.2) is 36.5 Å². The minimum Gasteiger partial charge on any atom is -0.336 e. The van der Waals surface area contributed by atoms with Crippen molar-refractivity contribution in [3.63, 3.8) is 0 Å². The Morgan fingerprint density at radius 2 is 2.09 bits per heavy atom. The van der Waals surface area contributed by atoms with Gasteiger partial charge in [-0.25, -0.2) is 4.68 Å². The average Bonchev–Trinajstić information content (AvgIpc) is 3.05. The van der Waals surface area contributed by atoms with Crippen molar-refractivity contribution in [2.75, 3.05) is 20.1 Å². The standard InChI is InChI=1S/C15H19N5O.ClH/c1-16-12-6-5-9-19(10-12)15(21)14-11-20(18-17-14)13-7-3-2-4-8-13;/h2-4,7-8,11-12,16H,5-6,9-10H2,1H3;1H. The second-order valence-corrected chi connectivity index (χ2v) is 5.26. The first-order chi connectivity index (χ1) is 10.3. The van der Waals surface area contributed by atoms with Gasteiger partial charge in [0, 0.05) is 19.1 Å². The molecule has 1 fully saturated rings. The molecule has 1 amide bonds. The fraction of sp³-hybridized carbons (Fsp3) is 0.400. The van der Waals surface area contributed by atoms with E-state index >= 15 is 0 Å². The van der Waals surface area contributed by atoms with Gasteiger partial charge in [0.15, 0.2) is 5.69 Å². The first kappa shape index (κ1) is 16.5. The summed E-state index contributed by atoms with van der Waals surface area (Å²) in [7, 11) is 1.93. The van der Waals surface area contributed by atoms with E-state index in [2.05, 4.69) is 15.6 Å². The zero-order valence-electron chi connectivity index (χ0n) is 12.5. The summed E-state index contributed by atoms with van der Waals surface area (Å²) in [5.41, 5.74) is 1.30. The fourth-order valence-corrected chi connectivity index (χ4v) is 2.63. The number of piperidine rings is 1. The van der Waals surface area contributed by atoms with Gasteiger partial charge in [0.1, 0.15) is 0 Å². The Kier molecular flexibility index (Phi) is 5.51. The molecule has 1 aromatic heterocycles. The lowest BCUT2D eigenvalue weighted by Gasteiger charge is -2.31. The highest BCUT2D eigenvalue weighted by Gasteiger charge is 2.25. The molecule has 7 heteroatoms. The Labute approximate surface area is 135 Å². The molecular formula is C15H20ClN5O. The van der Waals surface area contributed by atoms with Crippen LogP contribution in [0.5, 0.6) is 0 Å². The number of para-hydroxylation sites is 1. The minimum atomic E-state index is -0.0443. The smallest absolute Gasteiger partial charge is 0.276 e. The van der Waals surface area contributed by atoms with Gasteiger partial charge in [-0.05, 0) is 32.0 Å². The molecule has 0 bridgehead atoms. The van der Waals surface area contributed by atoms with Gasteiger partial charge in [-0.15, -0.1) is 17.5 Å². The van der Waals surface area contributed by atoms with Gasteiger partial charge in [0.25, 0.3) is 5.91 Å². The molecule has 2 heterocycles. The maximum Gasteiger partial charge on any atom is 0.276 e. The van der Waals surface area contributed by atoms with Crippen LogP contribution in [0.2, 0.25) is 0 Å². The van der Waals surface area contributed by atoms with E-state index in [9.17, 15) is 4.79 Å². The minimum absolute atomic E-state index is 0. The van der Waals surface area contributed by atoms with Crippen molar-refractivity contribution in [3.05, 3.63) is 42.2 Å². The third-order valence-corrected chi connectivity index (χ3v) is 3.85. The molecule has 1 aliphatic rings. The molecule has 0 saturated carbocycles. The maximum absolute atomic E-state index is 12.5. The molecular weight excluding hydrogens is 302 g/mol. The van der Waals surface area contributed by atoms with Crippen LogP contribution in [0.4, 0.5) is 0 Å². The molecule has 1 unspecified atom stereocenters. The normalized spacial score (nSPS) is 17.9. The summed E-state index contributed by atoms with van der Waals surface area (Å²) in [5.74, 6) is -0.0443. The highest BCUT2D eigenvalue weighted by molar-refractivity contribution is 5.92. The largest absolute Gasteiger partial charge is 0.336 e. The van der Waals surface area contributed by atoms with Crippen LogP contribution in [0.1, 0.15) is 23.3 Å².